The summed E-state index contributed by atoms with van der Waals surface area (Å²) in [4.78, 5) is 4.83. The number of anilines is 1. The Balaban J connectivity index is 2.08. The molecule has 2 N–H and O–H groups in total. The average molecular weight is 247 g/mol. The molecule has 0 atom stereocenters. The first-order chi connectivity index (χ1) is 8.53. The lowest BCUT2D eigenvalue weighted by atomic mass is 9.85. The minimum atomic E-state index is 0.0701. The zero-order valence-electron chi connectivity index (χ0n) is 11.8. The predicted octanol–water partition coefficient (Wildman–Crippen LogP) is 1.67. The normalized spacial score (nSPS) is 18.1. The van der Waals surface area contributed by atoms with Crippen LogP contribution in [0, 0.1) is 0 Å². The minimum absolute atomic E-state index is 0.0701. The summed E-state index contributed by atoms with van der Waals surface area (Å²) in [5.74, 6) is 0. The van der Waals surface area contributed by atoms with Gasteiger partial charge in [-0.15, -0.1) is 0 Å². The number of hydrogen-bond donors (Lipinski definition) is 1. The topological polar surface area (TPSA) is 32.5 Å². The lowest BCUT2D eigenvalue weighted by Gasteiger charge is -2.34. The van der Waals surface area contributed by atoms with Crippen molar-refractivity contribution in [2.75, 3.05) is 44.7 Å². The van der Waals surface area contributed by atoms with Crippen molar-refractivity contribution in [3.63, 3.8) is 0 Å². The molecule has 1 heterocycles. The van der Waals surface area contributed by atoms with E-state index >= 15 is 0 Å². The first kappa shape index (κ1) is 13.4. The summed E-state index contributed by atoms with van der Waals surface area (Å²) >= 11 is 0. The Morgan fingerprint density at radius 2 is 1.61 bits per heavy atom. The van der Waals surface area contributed by atoms with Crippen LogP contribution in [-0.4, -0.2) is 44.7 Å². The number of likely N-dealkylation sites (N-methyl/N-ethyl adjacent to an activating group) is 1. The SMILES string of the molecule is CN1CCN(c2ccc(C(C)(C)CN)cc2)CC1. The van der Waals surface area contributed by atoms with Crippen LogP contribution >= 0.6 is 0 Å². The third-order valence-electron chi connectivity index (χ3n) is 4.03. The summed E-state index contributed by atoms with van der Waals surface area (Å²) in [6.07, 6.45) is 0. The molecule has 1 aliphatic rings. The second-order valence-corrected chi connectivity index (χ2v) is 5.93. The van der Waals surface area contributed by atoms with E-state index in [4.69, 9.17) is 5.73 Å². The molecule has 0 aliphatic carbocycles. The summed E-state index contributed by atoms with van der Waals surface area (Å²) < 4.78 is 0. The highest BCUT2D eigenvalue weighted by molar-refractivity contribution is 5.49. The highest BCUT2D eigenvalue weighted by Crippen LogP contribution is 2.25. The zero-order valence-corrected chi connectivity index (χ0v) is 11.8. The highest BCUT2D eigenvalue weighted by atomic mass is 15.2. The Labute approximate surface area is 111 Å². The molecule has 3 nitrogen and oxygen atoms in total. The van der Waals surface area contributed by atoms with E-state index in [-0.39, 0.29) is 5.41 Å². The van der Waals surface area contributed by atoms with Crippen molar-refractivity contribution in [2.45, 2.75) is 19.3 Å². The molecule has 0 aromatic heterocycles. The Kier molecular flexibility index (Phi) is 3.93. The van der Waals surface area contributed by atoms with Gasteiger partial charge in [0.15, 0.2) is 0 Å². The molecule has 1 aromatic carbocycles. The second kappa shape index (κ2) is 5.29. The van der Waals surface area contributed by atoms with Gasteiger partial charge in [0.1, 0.15) is 0 Å². The fourth-order valence-corrected chi connectivity index (χ4v) is 2.31. The van der Waals surface area contributed by atoms with Gasteiger partial charge >= 0.3 is 0 Å². The van der Waals surface area contributed by atoms with Crippen LogP contribution in [0.2, 0.25) is 0 Å². The Morgan fingerprint density at radius 3 is 2.11 bits per heavy atom. The van der Waals surface area contributed by atoms with Crippen LogP contribution in [0.25, 0.3) is 0 Å². The maximum absolute atomic E-state index is 5.82. The molecule has 0 radical (unpaired) electrons. The summed E-state index contributed by atoms with van der Waals surface area (Å²) in [7, 11) is 2.18. The Morgan fingerprint density at radius 1 is 1.06 bits per heavy atom. The van der Waals surface area contributed by atoms with Crippen molar-refractivity contribution in [2.24, 2.45) is 5.73 Å². The largest absolute Gasteiger partial charge is 0.369 e. The molecule has 100 valence electrons. The first-order valence-electron chi connectivity index (χ1n) is 6.77. The molecule has 0 spiro atoms. The molecule has 0 saturated carbocycles. The number of benzene rings is 1. The van der Waals surface area contributed by atoms with E-state index in [1.807, 2.05) is 0 Å². The third-order valence-corrected chi connectivity index (χ3v) is 4.03. The van der Waals surface area contributed by atoms with Gasteiger partial charge in [0.25, 0.3) is 0 Å². The smallest absolute Gasteiger partial charge is 0.0367 e. The lowest BCUT2D eigenvalue weighted by molar-refractivity contribution is 0.313. The number of rotatable bonds is 3. The minimum Gasteiger partial charge on any atom is -0.369 e. The molecule has 1 saturated heterocycles. The molecule has 2 rings (SSSR count). The zero-order chi connectivity index (χ0) is 13.2. The van der Waals surface area contributed by atoms with Gasteiger partial charge in [-0.1, -0.05) is 26.0 Å². The van der Waals surface area contributed by atoms with Gasteiger partial charge in [0.05, 0.1) is 0 Å². The van der Waals surface area contributed by atoms with Crippen molar-refractivity contribution in [3.8, 4) is 0 Å². The van der Waals surface area contributed by atoms with Gasteiger partial charge in [0, 0.05) is 43.8 Å². The Bertz CT molecular complexity index is 375. The molecular formula is C15H25N3. The average Bonchev–Trinajstić information content (AvgIpc) is 2.40. The molecule has 1 aliphatic heterocycles. The molecule has 0 unspecified atom stereocenters. The maximum atomic E-state index is 5.82. The van der Waals surface area contributed by atoms with Gasteiger partial charge < -0.3 is 15.5 Å². The van der Waals surface area contributed by atoms with E-state index in [0.29, 0.717) is 6.54 Å². The maximum Gasteiger partial charge on any atom is 0.0367 e. The summed E-state index contributed by atoms with van der Waals surface area (Å²) in [5.41, 5.74) is 8.54. The van der Waals surface area contributed by atoms with Crippen LogP contribution in [0.4, 0.5) is 5.69 Å². The van der Waals surface area contributed by atoms with Crippen LogP contribution in [0.1, 0.15) is 19.4 Å². The van der Waals surface area contributed by atoms with Gasteiger partial charge in [-0.2, -0.15) is 0 Å². The molecule has 1 aromatic rings. The van der Waals surface area contributed by atoms with Crippen LogP contribution in [0.3, 0.4) is 0 Å². The monoisotopic (exact) mass is 247 g/mol. The van der Waals surface area contributed by atoms with E-state index in [1.54, 1.807) is 0 Å². The molecular weight excluding hydrogens is 222 g/mol. The Hall–Kier alpha value is -1.06. The van der Waals surface area contributed by atoms with E-state index in [0.717, 1.165) is 26.2 Å². The van der Waals surface area contributed by atoms with E-state index in [1.165, 1.54) is 11.3 Å². The van der Waals surface area contributed by atoms with E-state index in [9.17, 15) is 0 Å². The van der Waals surface area contributed by atoms with Crippen molar-refractivity contribution >= 4 is 5.69 Å². The van der Waals surface area contributed by atoms with Crippen molar-refractivity contribution in [1.29, 1.82) is 0 Å². The predicted molar refractivity (Wildman–Crippen MR) is 78.2 cm³/mol. The number of piperazine rings is 1. The summed E-state index contributed by atoms with van der Waals surface area (Å²) in [6, 6.07) is 8.91. The molecule has 3 heteroatoms. The van der Waals surface area contributed by atoms with E-state index in [2.05, 4.69) is 55.0 Å². The van der Waals surface area contributed by atoms with Gasteiger partial charge in [-0.3, -0.25) is 0 Å². The van der Waals surface area contributed by atoms with Crippen LogP contribution < -0.4 is 10.6 Å². The van der Waals surface area contributed by atoms with Crippen molar-refractivity contribution in [3.05, 3.63) is 29.8 Å². The molecule has 18 heavy (non-hydrogen) atoms. The fraction of sp³-hybridized carbons (Fsp3) is 0.600. The first-order valence-corrected chi connectivity index (χ1v) is 6.77. The highest BCUT2D eigenvalue weighted by Gasteiger charge is 2.19. The number of nitrogens with zero attached hydrogens (tertiary/aromatic N) is 2. The van der Waals surface area contributed by atoms with Crippen LogP contribution in [0.15, 0.2) is 24.3 Å². The second-order valence-electron chi connectivity index (χ2n) is 5.93. The quantitative estimate of drug-likeness (QED) is 0.882. The van der Waals surface area contributed by atoms with E-state index < -0.39 is 0 Å². The van der Waals surface area contributed by atoms with Crippen molar-refractivity contribution < 1.29 is 0 Å². The third kappa shape index (κ3) is 2.85. The summed E-state index contributed by atoms with van der Waals surface area (Å²) in [5, 5.41) is 0. The summed E-state index contributed by atoms with van der Waals surface area (Å²) in [6.45, 7) is 9.61. The van der Waals surface area contributed by atoms with Gasteiger partial charge in [-0.25, -0.2) is 0 Å². The number of hydrogen-bond acceptors (Lipinski definition) is 3. The fourth-order valence-electron chi connectivity index (χ4n) is 2.31. The molecule has 0 amide bonds. The molecule has 0 bridgehead atoms. The molecule has 1 fully saturated rings. The number of nitrogens with two attached hydrogens (primary N) is 1. The van der Waals surface area contributed by atoms with Crippen LogP contribution in [-0.2, 0) is 5.41 Å². The van der Waals surface area contributed by atoms with Gasteiger partial charge in [0.2, 0.25) is 0 Å². The lowest BCUT2D eigenvalue weighted by Crippen LogP contribution is -2.44. The van der Waals surface area contributed by atoms with Crippen LogP contribution in [0.5, 0.6) is 0 Å². The standard InChI is InChI=1S/C15H25N3/c1-15(2,12-16)13-4-6-14(7-5-13)18-10-8-17(3)9-11-18/h4-7H,8-12,16H2,1-3H3. The van der Waals surface area contributed by atoms with Crippen molar-refractivity contribution in [1.82, 2.24) is 4.90 Å². The van der Waals surface area contributed by atoms with Gasteiger partial charge in [-0.05, 0) is 24.7 Å².